The summed E-state index contributed by atoms with van der Waals surface area (Å²) in [6.45, 7) is 3.17. The third kappa shape index (κ3) is 5.54. The molecule has 1 saturated heterocycles. The second-order valence-electron chi connectivity index (χ2n) is 8.85. The number of amides is 2. The van der Waals surface area contributed by atoms with Gasteiger partial charge in [0.1, 0.15) is 5.75 Å². The summed E-state index contributed by atoms with van der Waals surface area (Å²) in [5, 5.41) is 6.89. The van der Waals surface area contributed by atoms with Crippen molar-refractivity contribution in [2.45, 2.75) is 32.2 Å². The zero-order valence-corrected chi connectivity index (χ0v) is 20.6. The number of carbonyl (C=O) groups excluding carboxylic acids is 2. The summed E-state index contributed by atoms with van der Waals surface area (Å²) in [5.41, 5.74) is 2.16. The van der Waals surface area contributed by atoms with E-state index >= 15 is 0 Å². The molecule has 0 atom stereocenters. The Morgan fingerprint density at radius 2 is 1.89 bits per heavy atom. The molecule has 184 valence electrons. The van der Waals surface area contributed by atoms with Crippen molar-refractivity contribution in [2.75, 3.05) is 39.8 Å². The van der Waals surface area contributed by atoms with E-state index in [0.29, 0.717) is 49.3 Å². The average molecular weight is 496 g/mol. The molecule has 0 radical (unpaired) electrons. The zero-order chi connectivity index (χ0) is 24.2. The quantitative estimate of drug-likeness (QED) is 0.538. The number of piperazine rings is 1. The molecule has 9 nitrogen and oxygen atoms in total. The molecule has 3 aromatic rings. The Morgan fingerprint density at radius 3 is 2.63 bits per heavy atom. The highest BCUT2D eigenvalue weighted by Crippen LogP contribution is 2.29. The summed E-state index contributed by atoms with van der Waals surface area (Å²) in [4.78, 5) is 35.7. The molecular formula is C25H29N5O4S. The van der Waals surface area contributed by atoms with Crippen LogP contribution in [0.15, 0.2) is 34.9 Å². The van der Waals surface area contributed by atoms with Crippen LogP contribution in [0.4, 0.5) is 0 Å². The number of methoxy groups -OCH3 is 1. The average Bonchev–Trinajstić information content (AvgIpc) is 3.55. The van der Waals surface area contributed by atoms with Crippen molar-refractivity contribution in [2.24, 2.45) is 0 Å². The van der Waals surface area contributed by atoms with E-state index in [1.54, 1.807) is 23.3 Å². The number of benzene rings is 1. The molecule has 2 amide bonds. The van der Waals surface area contributed by atoms with E-state index in [4.69, 9.17) is 9.26 Å². The molecule has 1 aromatic carbocycles. The maximum atomic E-state index is 12.6. The standard InChI is InChI=1S/C25H29N5O4S/c1-33-19-8-6-17(7-9-19)24-27-22(34-28-24)16-29-10-12-30(13-11-29)23(31)15-26-25(32)21-14-18-4-2-3-5-20(18)35-21/h6-9,14H,2-5,10-13,15-16H2,1H3,(H,26,32). The number of aromatic nitrogens is 2. The molecular weight excluding hydrogens is 466 g/mol. The van der Waals surface area contributed by atoms with E-state index in [-0.39, 0.29) is 18.4 Å². The molecule has 3 heterocycles. The minimum Gasteiger partial charge on any atom is -0.497 e. The van der Waals surface area contributed by atoms with Gasteiger partial charge in [-0.2, -0.15) is 4.98 Å². The van der Waals surface area contributed by atoms with Crippen molar-refractivity contribution >= 4 is 23.2 Å². The number of aryl methyl sites for hydroxylation is 2. The van der Waals surface area contributed by atoms with Crippen LogP contribution in [0.1, 0.15) is 38.8 Å². The second kappa shape index (κ2) is 10.6. The molecule has 35 heavy (non-hydrogen) atoms. The van der Waals surface area contributed by atoms with Gasteiger partial charge < -0.3 is 19.5 Å². The molecule has 0 spiro atoms. The largest absolute Gasteiger partial charge is 0.497 e. The first-order valence-electron chi connectivity index (χ1n) is 12.0. The van der Waals surface area contributed by atoms with Crippen LogP contribution in [0.2, 0.25) is 0 Å². The van der Waals surface area contributed by atoms with Gasteiger partial charge in [-0.15, -0.1) is 11.3 Å². The van der Waals surface area contributed by atoms with Crippen LogP contribution in [0.25, 0.3) is 11.4 Å². The first-order valence-corrected chi connectivity index (χ1v) is 12.8. The van der Waals surface area contributed by atoms with Crippen molar-refractivity contribution in [1.82, 2.24) is 25.3 Å². The summed E-state index contributed by atoms with van der Waals surface area (Å²) >= 11 is 1.56. The summed E-state index contributed by atoms with van der Waals surface area (Å²) in [7, 11) is 1.63. The smallest absolute Gasteiger partial charge is 0.261 e. The summed E-state index contributed by atoms with van der Waals surface area (Å²) in [6, 6.07) is 9.50. The van der Waals surface area contributed by atoms with E-state index in [0.717, 1.165) is 24.2 Å². The number of hydrogen-bond donors (Lipinski definition) is 1. The van der Waals surface area contributed by atoms with Gasteiger partial charge in [-0.3, -0.25) is 14.5 Å². The van der Waals surface area contributed by atoms with Crippen molar-refractivity contribution in [3.63, 3.8) is 0 Å². The number of nitrogens with one attached hydrogen (secondary N) is 1. The number of ether oxygens (including phenoxy) is 1. The monoisotopic (exact) mass is 495 g/mol. The molecule has 10 heteroatoms. The van der Waals surface area contributed by atoms with Crippen molar-refractivity contribution in [1.29, 1.82) is 0 Å². The predicted molar refractivity (Wildman–Crippen MR) is 131 cm³/mol. The fourth-order valence-electron chi connectivity index (χ4n) is 4.48. The van der Waals surface area contributed by atoms with Crippen LogP contribution < -0.4 is 10.1 Å². The Balaban J connectivity index is 1.07. The Labute approximate surface area is 208 Å². The second-order valence-corrected chi connectivity index (χ2v) is 9.98. The molecule has 0 bridgehead atoms. The van der Waals surface area contributed by atoms with E-state index in [1.165, 1.54) is 23.3 Å². The van der Waals surface area contributed by atoms with Gasteiger partial charge in [-0.1, -0.05) is 5.16 Å². The van der Waals surface area contributed by atoms with E-state index in [2.05, 4.69) is 20.4 Å². The normalized spacial score (nSPS) is 16.1. The van der Waals surface area contributed by atoms with Gasteiger partial charge in [0.05, 0.1) is 25.1 Å². The zero-order valence-electron chi connectivity index (χ0n) is 19.8. The lowest BCUT2D eigenvalue weighted by Gasteiger charge is -2.34. The summed E-state index contributed by atoms with van der Waals surface area (Å²) in [5.74, 6) is 1.65. The Hall–Kier alpha value is -3.24. The van der Waals surface area contributed by atoms with Gasteiger partial charge in [-0.25, -0.2) is 0 Å². The third-order valence-electron chi connectivity index (χ3n) is 6.52. The Bertz CT molecular complexity index is 1160. The van der Waals surface area contributed by atoms with Gasteiger partial charge in [-0.05, 0) is 61.6 Å². The van der Waals surface area contributed by atoms with Gasteiger partial charge in [0.15, 0.2) is 0 Å². The molecule has 1 fully saturated rings. The van der Waals surface area contributed by atoms with Crippen LogP contribution in [-0.4, -0.2) is 71.6 Å². The highest BCUT2D eigenvalue weighted by molar-refractivity contribution is 7.14. The topological polar surface area (TPSA) is 101 Å². The molecule has 0 saturated carbocycles. The minimum atomic E-state index is -0.152. The Kier molecular flexibility index (Phi) is 7.10. The van der Waals surface area contributed by atoms with Crippen LogP contribution in [0.3, 0.4) is 0 Å². The lowest BCUT2D eigenvalue weighted by molar-refractivity contribution is -0.131. The van der Waals surface area contributed by atoms with Crippen LogP contribution in [0.5, 0.6) is 5.75 Å². The van der Waals surface area contributed by atoms with E-state index < -0.39 is 0 Å². The lowest BCUT2D eigenvalue weighted by Crippen LogP contribution is -2.50. The fraction of sp³-hybridized carbons (Fsp3) is 0.440. The van der Waals surface area contributed by atoms with E-state index in [1.807, 2.05) is 30.3 Å². The molecule has 1 N–H and O–H groups in total. The molecule has 0 unspecified atom stereocenters. The molecule has 2 aliphatic rings. The highest BCUT2D eigenvalue weighted by Gasteiger charge is 2.24. The number of fused-ring (bicyclic) bond motifs is 1. The number of carbonyl (C=O) groups is 2. The lowest BCUT2D eigenvalue weighted by atomic mass is 9.99. The minimum absolute atomic E-state index is 0.0241. The third-order valence-corrected chi connectivity index (χ3v) is 7.76. The maximum Gasteiger partial charge on any atom is 0.261 e. The van der Waals surface area contributed by atoms with Gasteiger partial charge in [0.2, 0.25) is 17.6 Å². The molecule has 2 aromatic heterocycles. The number of thiophene rings is 1. The molecule has 1 aliphatic carbocycles. The van der Waals surface area contributed by atoms with Crippen molar-refractivity contribution < 1.29 is 18.8 Å². The van der Waals surface area contributed by atoms with Gasteiger partial charge in [0.25, 0.3) is 5.91 Å². The van der Waals surface area contributed by atoms with Crippen LogP contribution in [-0.2, 0) is 24.2 Å². The van der Waals surface area contributed by atoms with Gasteiger partial charge in [0, 0.05) is 36.6 Å². The first-order chi connectivity index (χ1) is 17.1. The highest BCUT2D eigenvalue weighted by atomic mass is 32.1. The first kappa shape index (κ1) is 23.5. The fourth-order valence-corrected chi connectivity index (χ4v) is 5.65. The maximum absolute atomic E-state index is 12.6. The SMILES string of the molecule is COc1ccc(-c2noc(CN3CCN(C(=O)CNC(=O)c4cc5c(s4)CCCC5)CC3)n2)cc1. The predicted octanol–water partition coefficient (Wildman–Crippen LogP) is 2.76. The van der Waals surface area contributed by atoms with Crippen molar-refractivity contribution in [3.05, 3.63) is 51.5 Å². The summed E-state index contributed by atoms with van der Waals surface area (Å²) < 4.78 is 10.6. The molecule has 1 aliphatic heterocycles. The molecule has 5 rings (SSSR count). The summed E-state index contributed by atoms with van der Waals surface area (Å²) in [6.07, 6.45) is 4.48. The Morgan fingerprint density at radius 1 is 1.11 bits per heavy atom. The number of rotatable bonds is 7. The van der Waals surface area contributed by atoms with Gasteiger partial charge >= 0.3 is 0 Å². The van der Waals surface area contributed by atoms with Crippen LogP contribution >= 0.6 is 11.3 Å². The number of nitrogens with zero attached hydrogens (tertiary/aromatic N) is 4. The van der Waals surface area contributed by atoms with E-state index in [9.17, 15) is 9.59 Å². The van der Waals surface area contributed by atoms with Crippen molar-refractivity contribution in [3.8, 4) is 17.1 Å². The number of hydrogen-bond acceptors (Lipinski definition) is 8. The van der Waals surface area contributed by atoms with Crippen LogP contribution in [0, 0.1) is 0 Å².